The van der Waals surface area contributed by atoms with Crippen LogP contribution in [0.5, 0.6) is 0 Å². The zero-order chi connectivity index (χ0) is 12.4. The highest BCUT2D eigenvalue weighted by Crippen LogP contribution is 2.05. The molecule has 0 rings (SSSR count). The minimum Gasteiger partial charge on any atom is -0.444 e. The van der Waals surface area contributed by atoms with Crippen molar-refractivity contribution in [1.29, 1.82) is 0 Å². The summed E-state index contributed by atoms with van der Waals surface area (Å²) < 4.78 is 15.2. The van der Waals surface area contributed by atoms with Crippen molar-refractivity contribution in [2.45, 2.75) is 26.4 Å². The molecule has 3 N–H and O–H groups in total. The van der Waals surface area contributed by atoms with Crippen LogP contribution in [0.15, 0.2) is 0 Å². The van der Waals surface area contributed by atoms with Crippen LogP contribution < -0.4 is 11.1 Å². The first-order valence-electron chi connectivity index (χ1n) is 5.28. The minimum atomic E-state index is -0.492. The topological polar surface area (TPSA) is 82.8 Å². The van der Waals surface area contributed by atoms with Crippen LogP contribution >= 0.6 is 0 Å². The summed E-state index contributed by atoms with van der Waals surface area (Å²) in [7, 11) is 0. The SMILES string of the molecule is CC(C)(C)OC(=O)NCOCCOCCN. The molecular weight excluding hydrogens is 212 g/mol. The van der Waals surface area contributed by atoms with Gasteiger partial charge in [-0.2, -0.15) is 0 Å². The molecule has 16 heavy (non-hydrogen) atoms. The van der Waals surface area contributed by atoms with Gasteiger partial charge in [-0.25, -0.2) is 4.79 Å². The first-order chi connectivity index (χ1) is 7.45. The van der Waals surface area contributed by atoms with Gasteiger partial charge in [0.25, 0.3) is 0 Å². The summed E-state index contributed by atoms with van der Waals surface area (Å²) in [6.45, 7) is 7.40. The standard InChI is InChI=1S/C10H22N2O4/c1-10(2,3)16-9(13)12-8-15-7-6-14-5-4-11/h4-8,11H2,1-3H3,(H,12,13). The molecule has 0 aliphatic carbocycles. The maximum atomic E-state index is 11.1. The normalized spacial score (nSPS) is 11.2. The third-order valence-corrected chi connectivity index (χ3v) is 1.35. The van der Waals surface area contributed by atoms with E-state index in [4.69, 9.17) is 19.9 Å². The molecule has 0 spiro atoms. The van der Waals surface area contributed by atoms with Crippen LogP contribution in [0.25, 0.3) is 0 Å². The fourth-order valence-electron chi connectivity index (χ4n) is 0.800. The zero-order valence-corrected chi connectivity index (χ0v) is 10.2. The van der Waals surface area contributed by atoms with Gasteiger partial charge < -0.3 is 19.9 Å². The van der Waals surface area contributed by atoms with Crippen LogP contribution in [-0.4, -0.2) is 44.8 Å². The van der Waals surface area contributed by atoms with Gasteiger partial charge in [0.2, 0.25) is 0 Å². The maximum Gasteiger partial charge on any atom is 0.409 e. The van der Waals surface area contributed by atoms with E-state index in [1.165, 1.54) is 0 Å². The highest BCUT2D eigenvalue weighted by Gasteiger charge is 2.15. The van der Waals surface area contributed by atoms with Crippen molar-refractivity contribution in [2.75, 3.05) is 33.1 Å². The monoisotopic (exact) mass is 234 g/mol. The Morgan fingerprint density at radius 2 is 1.81 bits per heavy atom. The fraction of sp³-hybridized carbons (Fsp3) is 0.900. The van der Waals surface area contributed by atoms with Gasteiger partial charge in [0, 0.05) is 6.54 Å². The van der Waals surface area contributed by atoms with Gasteiger partial charge in [0.15, 0.2) is 0 Å². The van der Waals surface area contributed by atoms with E-state index >= 15 is 0 Å². The Bertz CT molecular complexity index is 192. The van der Waals surface area contributed by atoms with E-state index < -0.39 is 11.7 Å². The van der Waals surface area contributed by atoms with E-state index in [0.29, 0.717) is 26.4 Å². The van der Waals surface area contributed by atoms with Crippen molar-refractivity contribution < 1.29 is 19.0 Å². The molecule has 6 nitrogen and oxygen atoms in total. The Hall–Kier alpha value is -0.850. The summed E-state index contributed by atoms with van der Waals surface area (Å²) in [5, 5.41) is 2.47. The molecular formula is C10H22N2O4. The van der Waals surface area contributed by atoms with Crippen LogP contribution in [-0.2, 0) is 14.2 Å². The molecule has 0 fully saturated rings. The molecule has 0 atom stereocenters. The summed E-state index contributed by atoms with van der Waals surface area (Å²) in [4.78, 5) is 11.1. The van der Waals surface area contributed by atoms with E-state index in [0.717, 1.165) is 0 Å². The van der Waals surface area contributed by atoms with Gasteiger partial charge >= 0.3 is 6.09 Å². The molecule has 0 aromatic rings. The average molecular weight is 234 g/mol. The lowest BCUT2D eigenvalue weighted by atomic mass is 10.2. The van der Waals surface area contributed by atoms with Gasteiger partial charge in [0.05, 0.1) is 19.8 Å². The van der Waals surface area contributed by atoms with Crippen molar-refractivity contribution in [3.8, 4) is 0 Å². The van der Waals surface area contributed by atoms with Crippen LogP contribution in [0.2, 0.25) is 0 Å². The summed E-state index contributed by atoms with van der Waals surface area (Å²) in [5.74, 6) is 0. The summed E-state index contributed by atoms with van der Waals surface area (Å²) in [5.41, 5.74) is 4.74. The number of hydrogen-bond donors (Lipinski definition) is 2. The lowest BCUT2D eigenvalue weighted by Gasteiger charge is -2.19. The van der Waals surface area contributed by atoms with Gasteiger partial charge in [-0.1, -0.05) is 0 Å². The van der Waals surface area contributed by atoms with Crippen molar-refractivity contribution in [3.05, 3.63) is 0 Å². The van der Waals surface area contributed by atoms with Crippen molar-refractivity contribution in [2.24, 2.45) is 5.73 Å². The molecule has 0 bridgehead atoms. The second kappa shape index (κ2) is 8.32. The lowest BCUT2D eigenvalue weighted by Crippen LogP contribution is -2.34. The predicted molar refractivity (Wildman–Crippen MR) is 60.1 cm³/mol. The number of nitrogens with one attached hydrogen (secondary N) is 1. The number of rotatable bonds is 7. The van der Waals surface area contributed by atoms with Crippen LogP contribution in [0.3, 0.4) is 0 Å². The first kappa shape index (κ1) is 15.2. The second-order valence-corrected chi connectivity index (χ2v) is 4.13. The average Bonchev–Trinajstić information content (AvgIpc) is 2.13. The Morgan fingerprint density at radius 3 is 2.38 bits per heavy atom. The molecule has 0 saturated heterocycles. The van der Waals surface area contributed by atoms with E-state index in [-0.39, 0.29) is 6.73 Å². The molecule has 0 aromatic heterocycles. The molecule has 0 aromatic carbocycles. The number of carbonyl (C=O) groups excluding carboxylic acids is 1. The Balaban J connectivity index is 3.28. The molecule has 0 aliphatic rings. The fourth-order valence-corrected chi connectivity index (χ4v) is 0.800. The maximum absolute atomic E-state index is 11.1. The van der Waals surface area contributed by atoms with E-state index in [2.05, 4.69) is 5.32 Å². The molecule has 0 saturated carbocycles. The summed E-state index contributed by atoms with van der Waals surface area (Å²) >= 11 is 0. The van der Waals surface area contributed by atoms with E-state index in [1.54, 1.807) is 20.8 Å². The minimum absolute atomic E-state index is 0.112. The highest BCUT2D eigenvalue weighted by atomic mass is 16.6. The van der Waals surface area contributed by atoms with Gasteiger partial charge in [0.1, 0.15) is 12.3 Å². The molecule has 0 unspecified atom stereocenters. The van der Waals surface area contributed by atoms with Gasteiger partial charge in [-0.05, 0) is 20.8 Å². The molecule has 1 amide bonds. The summed E-state index contributed by atoms with van der Waals surface area (Å²) in [6, 6.07) is 0. The second-order valence-electron chi connectivity index (χ2n) is 4.13. The van der Waals surface area contributed by atoms with Crippen molar-refractivity contribution in [1.82, 2.24) is 5.32 Å². The van der Waals surface area contributed by atoms with Gasteiger partial charge in [-0.3, -0.25) is 5.32 Å². The highest BCUT2D eigenvalue weighted by molar-refractivity contribution is 5.67. The molecule has 6 heteroatoms. The number of ether oxygens (including phenoxy) is 3. The Kier molecular flexibility index (Phi) is 7.88. The number of amides is 1. The predicted octanol–water partition coefficient (Wildman–Crippen LogP) is 0.461. The van der Waals surface area contributed by atoms with E-state index in [1.807, 2.05) is 0 Å². The third kappa shape index (κ3) is 11.2. The molecule has 0 aliphatic heterocycles. The largest absolute Gasteiger partial charge is 0.444 e. The van der Waals surface area contributed by atoms with Crippen molar-refractivity contribution >= 4 is 6.09 Å². The zero-order valence-electron chi connectivity index (χ0n) is 10.2. The first-order valence-corrected chi connectivity index (χ1v) is 5.28. The summed E-state index contributed by atoms with van der Waals surface area (Å²) in [6.07, 6.45) is -0.490. The van der Waals surface area contributed by atoms with Crippen LogP contribution in [0, 0.1) is 0 Å². The number of carbonyl (C=O) groups is 1. The third-order valence-electron chi connectivity index (χ3n) is 1.35. The quantitative estimate of drug-likeness (QED) is 0.494. The number of alkyl carbamates (subject to hydrolysis) is 1. The van der Waals surface area contributed by atoms with Gasteiger partial charge in [-0.15, -0.1) is 0 Å². The van der Waals surface area contributed by atoms with Crippen LogP contribution in [0.4, 0.5) is 4.79 Å². The molecule has 0 heterocycles. The molecule has 0 radical (unpaired) electrons. The van der Waals surface area contributed by atoms with E-state index in [9.17, 15) is 4.79 Å². The number of nitrogens with two attached hydrogens (primary N) is 1. The van der Waals surface area contributed by atoms with Crippen molar-refractivity contribution in [3.63, 3.8) is 0 Å². The Labute approximate surface area is 96.4 Å². The number of hydrogen-bond acceptors (Lipinski definition) is 5. The smallest absolute Gasteiger partial charge is 0.409 e. The van der Waals surface area contributed by atoms with Crippen LogP contribution in [0.1, 0.15) is 20.8 Å². The molecule has 96 valence electrons. The Morgan fingerprint density at radius 1 is 1.19 bits per heavy atom. The lowest BCUT2D eigenvalue weighted by molar-refractivity contribution is 0.0240.